The van der Waals surface area contributed by atoms with E-state index < -0.39 is 5.60 Å². The van der Waals surface area contributed by atoms with E-state index in [1.54, 1.807) is 0 Å². The van der Waals surface area contributed by atoms with E-state index in [4.69, 9.17) is 0 Å². The van der Waals surface area contributed by atoms with Crippen LogP contribution in [0.4, 0.5) is 0 Å². The Morgan fingerprint density at radius 3 is 2.04 bits per heavy atom. The van der Waals surface area contributed by atoms with Gasteiger partial charge in [0, 0.05) is 5.56 Å². The molecule has 0 aliphatic heterocycles. The van der Waals surface area contributed by atoms with Gasteiger partial charge < -0.3 is 9.59 Å². The van der Waals surface area contributed by atoms with Crippen molar-refractivity contribution in [1.29, 1.82) is 0 Å². The first-order chi connectivity index (χ1) is 13.4. The van der Waals surface area contributed by atoms with E-state index in [9.17, 15) is 5.11 Å². The third-order valence-electron chi connectivity index (χ3n) is 6.26. The maximum absolute atomic E-state index is 12.4. The highest BCUT2D eigenvalue weighted by Gasteiger charge is 2.51. The summed E-state index contributed by atoms with van der Waals surface area (Å²) in [6.45, 7) is 0. The van der Waals surface area contributed by atoms with Crippen molar-refractivity contribution in [1.82, 2.24) is 0 Å². The molecule has 3 aromatic rings. The topological polar surface area (TPSA) is 20.2 Å². The fraction of sp³-hybridized carbons (Fsp3) is 0.308. The minimum Gasteiger partial charge on any atom is -0.380 e. The smallest absolute Gasteiger partial charge is 0.124 e. The van der Waals surface area contributed by atoms with Crippen molar-refractivity contribution in [3.63, 3.8) is 0 Å². The Morgan fingerprint density at radius 2 is 1.39 bits per heavy atom. The van der Waals surface area contributed by atoms with Gasteiger partial charge in [0.05, 0.1) is 27.1 Å². The molecule has 0 radical (unpaired) electrons. The monoisotopic (exact) mass is 372 g/mol. The predicted octanol–water partition coefficient (Wildman–Crippen LogP) is 4.93. The second-order valence-corrected chi connectivity index (χ2v) is 8.91. The van der Waals surface area contributed by atoms with Crippen molar-refractivity contribution in [3.8, 4) is 0 Å². The number of benzene rings is 3. The first kappa shape index (κ1) is 18.9. The Balaban J connectivity index is 1.94. The van der Waals surface area contributed by atoms with Gasteiger partial charge in [-0.15, -0.1) is 0 Å². The zero-order chi connectivity index (χ0) is 19.8. The highest BCUT2D eigenvalue weighted by Crippen LogP contribution is 2.51. The number of aryl methyl sites for hydroxylation is 1. The molecular weight excluding hydrogens is 342 g/mol. The van der Waals surface area contributed by atoms with E-state index in [2.05, 4.69) is 87.9 Å². The number of hydrogen-bond acceptors (Lipinski definition) is 1. The average Bonchev–Trinajstić information content (AvgIpc) is 2.71. The number of hydrogen-bond donors (Lipinski definition) is 1. The van der Waals surface area contributed by atoms with Crippen LogP contribution in [0, 0.1) is 5.92 Å². The van der Waals surface area contributed by atoms with Crippen LogP contribution >= 0.6 is 0 Å². The van der Waals surface area contributed by atoms with Crippen LogP contribution in [0.3, 0.4) is 0 Å². The van der Waals surface area contributed by atoms with E-state index in [1.807, 2.05) is 18.2 Å². The number of quaternary nitrogens is 1. The van der Waals surface area contributed by atoms with Gasteiger partial charge in [-0.1, -0.05) is 84.9 Å². The Kier molecular flexibility index (Phi) is 4.86. The largest absolute Gasteiger partial charge is 0.380 e. The Hall–Kier alpha value is -2.42. The van der Waals surface area contributed by atoms with Gasteiger partial charge in [-0.2, -0.15) is 0 Å². The van der Waals surface area contributed by atoms with Gasteiger partial charge in [-0.25, -0.2) is 0 Å². The third-order valence-corrected chi connectivity index (χ3v) is 6.26. The van der Waals surface area contributed by atoms with Gasteiger partial charge in [0.2, 0.25) is 0 Å². The molecule has 0 aromatic heterocycles. The summed E-state index contributed by atoms with van der Waals surface area (Å²) in [4.78, 5) is 0. The molecule has 0 saturated heterocycles. The maximum Gasteiger partial charge on any atom is 0.124 e. The van der Waals surface area contributed by atoms with Gasteiger partial charge >= 0.3 is 0 Å². The standard InChI is InChI=1S/C26H30NO/c1-27(2,3)25(21-13-6-4-7-14-21)24-19-18-20-12-10-11-17-23(20)26(24,28)22-15-8-5-9-16-22/h4-17,24-25,28H,18-19H2,1-3H3/q+1/t24-,25-,26+/m0/s1. The van der Waals surface area contributed by atoms with Crippen molar-refractivity contribution in [2.75, 3.05) is 21.1 Å². The molecule has 3 aromatic carbocycles. The third kappa shape index (κ3) is 3.17. The summed E-state index contributed by atoms with van der Waals surface area (Å²) in [6, 6.07) is 29.5. The lowest BCUT2D eigenvalue weighted by atomic mass is 9.64. The van der Waals surface area contributed by atoms with Crippen LogP contribution in [0.15, 0.2) is 84.9 Å². The molecule has 1 aliphatic carbocycles. The number of fused-ring (bicyclic) bond motifs is 1. The van der Waals surface area contributed by atoms with Crippen molar-refractivity contribution in [3.05, 3.63) is 107 Å². The fourth-order valence-electron chi connectivity index (χ4n) is 5.15. The van der Waals surface area contributed by atoms with E-state index in [-0.39, 0.29) is 12.0 Å². The molecule has 0 heterocycles. The molecule has 144 valence electrons. The molecule has 0 bridgehead atoms. The number of nitrogens with zero attached hydrogens (tertiary/aromatic N) is 1. The minimum absolute atomic E-state index is 0.0761. The van der Waals surface area contributed by atoms with Gasteiger partial charge in [0.15, 0.2) is 0 Å². The van der Waals surface area contributed by atoms with Crippen molar-refractivity contribution in [2.45, 2.75) is 24.5 Å². The molecule has 0 saturated carbocycles. The summed E-state index contributed by atoms with van der Waals surface area (Å²) < 4.78 is 0.770. The summed E-state index contributed by atoms with van der Waals surface area (Å²) in [6.07, 6.45) is 1.96. The highest BCUT2D eigenvalue weighted by atomic mass is 16.3. The molecule has 2 heteroatoms. The SMILES string of the molecule is C[N+](C)(C)[C@@H](c1ccccc1)[C@@H]1CCc2ccccc2[C@]1(O)c1ccccc1. The molecule has 28 heavy (non-hydrogen) atoms. The molecule has 3 atom stereocenters. The Bertz CT molecular complexity index is 929. The lowest BCUT2D eigenvalue weighted by Gasteiger charge is -2.49. The first-order valence-corrected chi connectivity index (χ1v) is 10.1. The van der Waals surface area contributed by atoms with Crippen LogP contribution < -0.4 is 0 Å². The summed E-state index contributed by atoms with van der Waals surface area (Å²) in [5.74, 6) is 0.0761. The quantitative estimate of drug-likeness (QED) is 0.644. The Morgan fingerprint density at radius 1 is 0.821 bits per heavy atom. The fourth-order valence-corrected chi connectivity index (χ4v) is 5.15. The number of rotatable bonds is 4. The molecule has 4 rings (SSSR count). The molecule has 0 fully saturated rings. The zero-order valence-electron chi connectivity index (χ0n) is 17.0. The van der Waals surface area contributed by atoms with Crippen LogP contribution in [0.1, 0.15) is 34.7 Å². The summed E-state index contributed by atoms with van der Waals surface area (Å²) >= 11 is 0. The normalized spacial score (nSPS) is 23.1. The van der Waals surface area contributed by atoms with Crippen LogP contribution in [0.5, 0.6) is 0 Å². The van der Waals surface area contributed by atoms with Crippen molar-refractivity contribution >= 4 is 0 Å². The van der Waals surface area contributed by atoms with Crippen LogP contribution in [0.2, 0.25) is 0 Å². The first-order valence-electron chi connectivity index (χ1n) is 10.1. The lowest BCUT2D eigenvalue weighted by Crippen LogP contribution is -2.52. The van der Waals surface area contributed by atoms with E-state index >= 15 is 0 Å². The van der Waals surface area contributed by atoms with Crippen molar-refractivity contribution < 1.29 is 9.59 Å². The van der Waals surface area contributed by atoms with E-state index in [1.165, 1.54) is 11.1 Å². The average molecular weight is 373 g/mol. The van der Waals surface area contributed by atoms with Crippen LogP contribution in [-0.2, 0) is 12.0 Å². The summed E-state index contributed by atoms with van der Waals surface area (Å²) in [7, 11) is 6.72. The molecule has 2 nitrogen and oxygen atoms in total. The van der Waals surface area contributed by atoms with Gasteiger partial charge in [-0.3, -0.25) is 0 Å². The molecule has 0 amide bonds. The van der Waals surface area contributed by atoms with E-state index in [0.29, 0.717) is 0 Å². The van der Waals surface area contributed by atoms with Gasteiger partial charge in [-0.05, 0) is 29.5 Å². The highest BCUT2D eigenvalue weighted by molar-refractivity contribution is 5.45. The Labute approximate surface area is 168 Å². The maximum atomic E-state index is 12.4. The summed E-state index contributed by atoms with van der Waals surface area (Å²) in [5, 5.41) is 12.4. The molecular formula is C26H30NO+. The van der Waals surface area contributed by atoms with Gasteiger partial charge in [0.25, 0.3) is 0 Å². The predicted molar refractivity (Wildman–Crippen MR) is 115 cm³/mol. The zero-order valence-corrected chi connectivity index (χ0v) is 17.0. The summed E-state index contributed by atoms with van der Waals surface area (Å²) in [5.41, 5.74) is 3.59. The van der Waals surface area contributed by atoms with Crippen LogP contribution in [-0.4, -0.2) is 30.7 Å². The second kappa shape index (κ2) is 7.20. The van der Waals surface area contributed by atoms with Gasteiger partial charge in [0.1, 0.15) is 11.6 Å². The van der Waals surface area contributed by atoms with E-state index in [0.717, 1.165) is 28.5 Å². The molecule has 0 spiro atoms. The second-order valence-electron chi connectivity index (χ2n) is 8.91. The van der Waals surface area contributed by atoms with Crippen molar-refractivity contribution in [2.24, 2.45) is 5.92 Å². The minimum atomic E-state index is -1.01. The number of aliphatic hydroxyl groups is 1. The molecule has 1 N–H and O–H groups in total. The lowest BCUT2D eigenvalue weighted by molar-refractivity contribution is -0.908. The molecule has 1 aliphatic rings. The molecule has 0 unspecified atom stereocenters. The van der Waals surface area contributed by atoms with Crippen LogP contribution in [0.25, 0.3) is 0 Å².